The van der Waals surface area contributed by atoms with Gasteiger partial charge in [-0.25, -0.2) is 9.97 Å². The van der Waals surface area contributed by atoms with Crippen LogP contribution in [0.15, 0.2) is 72.9 Å². The smallest absolute Gasteiger partial charge is 0.252 e. The van der Waals surface area contributed by atoms with Crippen molar-refractivity contribution in [3.8, 4) is 22.9 Å². The number of primary amides is 1. The average molecular weight is 597 g/mol. The second-order valence-corrected chi connectivity index (χ2v) is 10.4. The van der Waals surface area contributed by atoms with Gasteiger partial charge in [-0.05, 0) is 72.5 Å². The second kappa shape index (κ2) is 13.6. The first-order chi connectivity index (χ1) is 21.3. The van der Waals surface area contributed by atoms with Gasteiger partial charge in [0.2, 0.25) is 0 Å². The van der Waals surface area contributed by atoms with Crippen LogP contribution in [0.25, 0.3) is 22.6 Å². The number of H-pyrrole nitrogens is 1. The number of aliphatic hydroxyl groups excluding tert-OH is 2. The lowest BCUT2D eigenvalue weighted by atomic mass is 10.00. The second-order valence-electron chi connectivity index (χ2n) is 10.4. The molecule has 2 aromatic heterocycles. The van der Waals surface area contributed by atoms with E-state index in [1.54, 1.807) is 36.4 Å². The number of amides is 1. The third-order valence-corrected chi connectivity index (χ3v) is 7.48. The van der Waals surface area contributed by atoms with Crippen molar-refractivity contribution < 1.29 is 24.9 Å². The molecular weight excluding hydrogens is 560 g/mol. The summed E-state index contributed by atoms with van der Waals surface area (Å²) in [5.74, 6) is 0.696. The first-order valence-corrected chi connectivity index (χ1v) is 14.4. The first-order valence-electron chi connectivity index (χ1n) is 14.4. The van der Waals surface area contributed by atoms with E-state index in [2.05, 4.69) is 27.5 Å². The lowest BCUT2D eigenvalue weighted by molar-refractivity contribution is 0.100. The van der Waals surface area contributed by atoms with Crippen LogP contribution in [0.2, 0.25) is 0 Å². The van der Waals surface area contributed by atoms with Gasteiger partial charge in [0.1, 0.15) is 29.4 Å². The molecule has 2 atom stereocenters. The van der Waals surface area contributed by atoms with Gasteiger partial charge in [-0.2, -0.15) is 0 Å². The number of hydrogen-bond acceptors (Lipinski definition) is 9. The number of anilines is 2. The molecule has 11 nitrogen and oxygen atoms in total. The summed E-state index contributed by atoms with van der Waals surface area (Å²) >= 11 is 0. The van der Waals surface area contributed by atoms with Gasteiger partial charge in [0.05, 0.1) is 24.0 Å². The van der Waals surface area contributed by atoms with Crippen molar-refractivity contribution in [2.45, 2.75) is 39.0 Å². The fraction of sp³-hybridized carbons (Fsp3) is 0.242. The summed E-state index contributed by atoms with van der Waals surface area (Å²) in [7, 11) is 0. The molecule has 44 heavy (non-hydrogen) atoms. The minimum Gasteiger partial charge on any atom is -0.508 e. The van der Waals surface area contributed by atoms with Gasteiger partial charge >= 0.3 is 0 Å². The van der Waals surface area contributed by atoms with Crippen LogP contribution in [0.4, 0.5) is 11.4 Å². The van der Waals surface area contributed by atoms with E-state index >= 15 is 0 Å². The number of benzene rings is 3. The summed E-state index contributed by atoms with van der Waals surface area (Å²) in [6.45, 7) is 4.58. The number of nitrogens with zero attached hydrogens (tertiary/aromatic N) is 2. The number of rotatable bonds is 13. The number of phenols is 1. The third-order valence-electron chi connectivity index (χ3n) is 7.48. The quantitative estimate of drug-likeness (QED) is 0.104. The predicted octanol–water partition coefficient (Wildman–Crippen LogP) is 4.32. The van der Waals surface area contributed by atoms with Crippen molar-refractivity contribution in [1.82, 2.24) is 20.3 Å². The van der Waals surface area contributed by atoms with Crippen molar-refractivity contribution in [3.63, 3.8) is 0 Å². The first kappa shape index (κ1) is 30.5. The average Bonchev–Trinajstić information content (AvgIpc) is 3.48. The molecule has 0 saturated carbocycles. The molecular formula is C33H36N6O5. The molecule has 0 fully saturated rings. The van der Waals surface area contributed by atoms with Crippen LogP contribution in [-0.2, 0) is 13.0 Å². The number of aromatic amines is 1. The fourth-order valence-corrected chi connectivity index (χ4v) is 5.09. The maximum absolute atomic E-state index is 12.5. The standard InChI is InChI=1S/C33H36N6O5/c1-3-25-22(17-35-19(2)30(42)20-7-11-23(41)12-8-20)5-4-6-27(25)37-28-26(31(34)43)18-36-33-29(28)38-32(39-33)21-9-13-24(14-10-21)44-16-15-40/h4-14,18-19,30,35,40-42H,3,15-17H2,1-2H3,(H2,34,43)(H2,36,37,38,39)/t19?,30-/m0/s1. The SMILES string of the molecule is CCc1c(CNC(C)[C@H](O)c2ccc(O)cc2)cccc1Nc1c(C(N)=O)cnc2[nH]c(-c3ccc(OCCO)cc3)nc12. The van der Waals surface area contributed by atoms with Crippen molar-refractivity contribution in [1.29, 1.82) is 0 Å². The van der Waals surface area contributed by atoms with Crippen molar-refractivity contribution in [3.05, 3.63) is 95.2 Å². The van der Waals surface area contributed by atoms with Crippen molar-refractivity contribution in [2.24, 2.45) is 5.73 Å². The van der Waals surface area contributed by atoms with E-state index in [0.29, 0.717) is 47.0 Å². The minimum atomic E-state index is -0.761. The molecule has 0 saturated heterocycles. The van der Waals surface area contributed by atoms with Crippen LogP contribution in [-0.4, -0.2) is 55.4 Å². The number of hydrogen-bond donors (Lipinski definition) is 7. The van der Waals surface area contributed by atoms with Gasteiger partial charge in [0.25, 0.3) is 5.91 Å². The Labute approximate surface area is 254 Å². The summed E-state index contributed by atoms with van der Waals surface area (Å²) in [6.07, 6.45) is 1.37. The molecule has 1 unspecified atom stereocenters. The Morgan fingerprint density at radius 1 is 1.09 bits per heavy atom. The number of aromatic hydroxyl groups is 1. The summed E-state index contributed by atoms with van der Waals surface area (Å²) in [5, 5.41) is 36.2. The van der Waals surface area contributed by atoms with E-state index in [0.717, 1.165) is 22.4 Å². The van der Waals surface area contributed by atoms with Crippen molar-refractivity contribution >= 4 is 28.4 Å². The van der Waals surface area contributed by atoms with Crippen molar-refractivity contribution in [2.75, 3.05) is 18.5 Å². The van der Waals surface area contributed by atoms with Crippen LogP contribution in [0, 0.1) is 0 Å². The van der Waals surface area contributed by atoms with Gasteiger partial charge in [-0.15, -0.1) is 0 Å². The number of nitrogens with two attached hydrogens (primary N) is 1. The number of carbonyl (C=O) groups excluding carboxylic acids is 1. The van der Waals surface area contributed by atoms with Crippen LogP contribution in [0.5, 0.6) is 11.5 Å². The van der Waals surface area contributed by atoms with Crippen LogP contribution in [0.1, 0.15) is 47.0 Å². The zero-order chi connectivity index (χ0) is 31.2. The molecule has 8 N–H and O–H groups in total. The van der Waals surface area contributed by atoms with Gasteiger partial charge < -0.3 is 41.4 Å². The molecule has 5 rings (SSSR count). The molecule has 0 aliphatic rings. The van der Waals surface area contributed by atoms with Gasteiger partial charge in [0, 0.05) is 30.0 Å². The number of nitrogens with one attached hydrogen (secondary N) is 3. The molecule has 0 spiro atoms. The molecule has 0 bridgehead atoms. The highest BCUT2D eigenvalue weighted by molar-refractivity contribution is 6.06. The molecule has 3 aromatic carbocycles. The van der Waals surface area contributed by atoms with E-state index in [1.165, 1.54) is 6.20 Å². The molecule has 11 heteroatoms. The van der Waals surface area contributed by atoms with E-state index in [9.17, 15) is 15.0 Å². The molecule has 0 radical (unpaired) electrons. The highest BCUT2D eigenvalue weighted by atomic mass is 16.5. The molecule has 228 valence electrons. The Balaban J connectivity index is 1.42. The molecule has 0 aliphatic heterocycles. The lowest BCUT2D eigenvalue weighted by Crippen LogP contribution is -2.32. The molecule has 2 heterocycles. The van der Waals surface area contributed by atoms with E-state index in [1.807, 2.05) is 37.3 Å². The number of imidazole rings is 1. The Bertz CT molecular complexity index is 1740. The van der Waals surface area contributed by atoms with E-state index in [4.69, 9.17) is 20.6 Å². The third kappa shape index (κ3) is 6.65. The number of phenolic OH excluding ortho intramolecular Hbond substituents is 1. The monoisotopic (exact) mass is 596 g/mol. The van der Waals surface area contributed by atoms with Crippen LogP contribution < -0.4 is 21.1 Å². The molecule has 5 aromatic rings. The number of pyridine rings is 1. The largest absolute Gasteiger partial charge is 0.508 e. The lowest BCUT2D eigenvalue weighted by Gasteiger charge is -2.22. The number of aliphatic hydroxyl groups is 2. The number of ether oxygens (including phenoxy) is 1. The number of aromatic nitrogens is 3. The summed E-state index contributed by atoms with van der Waals surface area (Å²) in [6, 6.07) is 19.4. The maximum Gasteiger partial charge on any atom is 0.252 e. The minimum absolute atomic E-state index is 0.0720. The fourth-order valence-electron chi connectivity index (χ4n) is 5.09. The van der Waals surface area contributed by atoms with Gasteiger partial charge in [0.15, 0.2) is 5.65 Å². The Kier molecular flexibility index (Phi) is 9.39. The normalized spacial score (nSPS) is 12.6. The number of carbonyl (C=O) groups is 1. The van der Waals surface area contributed by atoms with E-state index in [-0.39, 0.29) is 30.6 Å². The van der Waals surface area contributed by atoms with Gasteiger partial charge in [-0.1, -0.05) is 31.2 Å². The van der Waals surface area contributed by atoms with Crippen LogP contribution >= 0.6 is 0 Å². The van der Waals surface area contributed by atoms with Crippen LogP contribution in [0.3, 0.4) is 0 Å². The number of fused-ring (bicyclic) bond motifs is 1. The summed E-state index contributed by atoms with van der Waals surface area (Å²) in [5.41, 5.74) is 11.7. The summed E-state index contributed by atoms with van der Waals surface area (Å²) in [4.78, 5) is 24.9. The molecule has 0 aliphatic carbocycles. The molecule has 1 amide bonds. The van der Waals surface area contributed by atoms with E-state index < -0.39 is 12.0 Å². The summed E-state index contributed by atoms with van der Waals surface area (Å²) < 4.78 is 5.45. The highest BCUT2D eigenvalue weighted by Gasteiger charge is 2.20. The van der Waals surface area contributed by atoms with Gasteiger partial charge in [-0.3, -0.25) is 4.79 Å². The zero-order valence-corrected chi connectivity index (χ0v) is 24.5. The maximum atomic E-state index is 12.5. The zero-order valence-electron chi connectivity index (χ0n) is 24.5. The predicted molar refractivity (Wildman–Crippen MR) is 169 cm³/mol. The topological polar surface area (TPSA) is 179 Å². The Morgan fingerprint density at radius 3 is 2.52 bits per heavy atom. The Hall–Kier alpha value is -4.97. The Morgan fingerprint density at radius 2 is 1.84 bits per heavy atom. The highest BCUT2D eigenvalue weighted by Crippen LogP contribution is 2.33.